The molecule has 3 atom stereocenters. The smallest absolute Gasteiger partial charge is 0.363 e. The van der Waals surface area contributed by atoms with E-state index >= 15 is 0 Å². The molecule has 0 spiro atoms. The van der Waals surface area contributed by atoms with Gasteiger partial charge in [0.1, 0.15) is 5.92 Å². The Labute approximate surface area is 166 Å². The third kappa shape index (κ3) is 3.41. The highest BCUT2D eigenvalue weighted by Crippen LogP contribution is 2.45. The second kappa shape index (κ2) is 7.23. The van der Waals surface area contributed by atoms with E-state index in [-0.39, 0.29) is 21.2 Å². The van der Waals surface area contributed by atoms with Crippen molar-refractivity contribution < 1.29 is 27.9 Å². The average Bonchev–Trinajstić information content (AvgIpc) is 2.63. The van der Waals surface area contributed by atoms with E-state index in [1.807, 2.05) is 0 Å². The summed E-state index contributed by atoms with van der Waals surface area (Å²) in [6.45, 7) is 0. The lowest BCUT2D eigenvalue weighted by atomic mass is 9.77. The van der Waals surface area contributed by atoms with Crippen LogP contribution in [0.1, 0.15) is 22.0 Å². The Morgan fingerprint density at radius 3 is 2.54 bits per heavy atom. The summed E-state index contributed by atoms with van der Waals surface area (Å²) in [6.07, 6.45) is -2.97. The molecular weight excluding hydrogens is 422 g/mol. The zero-order valence-corrected chi connectivity index (χ0v) is 15.3. The summed E-state index contributed by atoms with van der Waals surface area (Å²) in [5.41, 5.74) is -4.08. The normalized spacial score (nSPS) is 25.0. The lowest BCUT2D eigenvalue weighted by Gasteiger charge is -2.45. The number of nitrogens with one attached hydrogen (secondary N) is 2. The predicted molar refractivity (Wildman–Crippen MR) is 93.9 cm³/mol. The molecule has 3 N–H and O–H groups in total. The second-order valence-corrected chi connectivity index (χ2v) is 6.85. The van der Waals surface area contributed by atoms with Crippen molar-refractivity contribution in [2.45, 2.75) is 17.9 Å². The number of pyridine rings is 1. The molecule has 6 nitrogen and oxygen atoms in total. The molecule has 2 heterocycles. The number of carbonyl (C=O) groups excluding carboxylic acids is 2. The average molecular weight is 434 g/mol. The maximum Gasteiger partial charge on any atom is 0.437 e. The number of alkyl halides is 3. The van der Waals surface area contributed by atoms with Gasteiger partial charge in [-0.05, 0) is 23.8 Å². The van der Waals surface area contributed by atoms with Crippen molar-refractivity contribution in [1.29, 1.82) is 0 Å². The van der Waals surface area contributed by atoms with Crippen LogP contribution in [0.2, 0.25) is 10.0 Å². The zero-order chi connectivity index (χ0) is 20.7. The van der Waals surface area contributed by atoms with Crippen LogP contribution >= 0.6 is 23.2 Å². The molecule has 1 saturated heterocycles. The lowest BCUT2D eigenvalue weighted by molar-refractivity contribution is -0.287. The number of nitrogens with zero attached hydrogens (tertiary/aromatic N) is 1. The number of hydrogen-bond acceptors (Lipinski definition) is 4. The predicted octanol–water partition coefficient (Wildman–Crippen LogP) is 3.49. The third-order valence-corrected chi connectivity index (χ3v) is 5.18. The number of urea groups is 1. The minimum atomic E-state index is -5.36. The third-order valence-electron chi connectivity index (χ3n) is 4.35. The number of Topliss-reactive ketones (excluding diaryl/α,β-unsaturated/α-hetero) is 1. The van der Waals surface area contributed by atoms with Crippen LogP contribution in [0, 0.1) is 5.92 Å². The molecule has 1 aliphatic rings. The molecular formula is C17H12Cl2F3N3O3. The van der Waals surface area contributed by atoms with Gasteiger partial charge in [0.2, 0.25) is 5.72 Å². The molecule has 148 valence electrons. The second-order valence-electron chi connectivity index (χ2n) is 6.07. The van der Waals surface area contributed by atoms with E-state index in [0.29, 0.717) is 0 Å². The van der Waals surface area contributed by atoms with Crippen molar-refractivity contribution in [3.05, 3.63) is 63.9 Å². The fourth-order valence-electron chi connectivity index (χ4n) is 3.05. The molecule has 1 fully saturated rings. The molecule has 0 radical (unpaired) electrons. The molecule has 2 amide bonds. The highest BCUT2D eigenvalue weighted by atomic mass is 35.5. The monoisotopic (exact) mass is 433 g/mol. The molecule has 0 saturated carbocycles. The molecule has 0 bridgehead atoms. The van der Waals surface area contributed by atoms with Gasteiger partial charge in [-0.1, -0.05) is 35.3 Å². The number of aliphatic hydroxyl groups is 1. The molecule has 3 unspecified atom stereocenters. The van der Waals surface area contributed by atoms with Crippen LogP contribution < -0.4 is 10.6 Å². The molecule has 3 rings (SSSR count). The summed E-state index contributed by atoms with van der Waals surface area (Å²) in [7, 11) is 0. The van der Waals surface area contributed by atoms with Gasteiger partial charge in [0.25, 0.3) is 0 Å². The van der Waals surface area contributed by atoms with Crippen molar-refractivity contribution in [3.8, 4) is 0 Å². The lowest BCUT2D eigenvalue weighted by Crippen LogP contribution is -2.72. The van der Waals surface area contributed by atoms with Gasteiger partial charge in [-0.2, -0.15) is 13.2 Å². The number of carbonyl (C=O) groups is 2. The Balaban J connectivity index is 2.22. The van der Waals surface area contributed by atoms with E-state index in [4.69, 9.17) is 23.2 Å². The minimum absolute atomic E-state index is 0.00933. The highest BCUT2D eigenvalue weighted by molar-refractivity contribution is 6.42. The van der Waals surface area contributed by atoms with Crippen LogP contribution in [0.5, 0.6) is 0 Å². The largest absolute Gasteiger partial charge is 0.437 e. The number of amides is 2. The van der Waals surface area contributed by atoms with Gasteiger partial charge in [-0.15, -0.1) is 0 Å². The van der Waals surface area contributed by atoms with Crippen LogP contribution in [0.25, 0.3) is 0 Å². The number of hydrogen-bond donors (Lipinski definition) is 3. The zero-order valence-electron chi connectivity index (χ0n) is 13.8. The van der Waals surface area contributed by atoms with E-state index in [2.05, 4.69) is 10.3 Å². The quantitative estimate of drug-likeness (QED) is 0.646. The van der Waals surface area contributed by atoms with Crippen LogP contribution in [-0.2, 0) is 0 Å². The molecule has 11 heteroatoms. The molecule has 28 heavy (non-hydrogen) atoms. The van der Waals surface area contributed by atoms with E-state index in [0.717, 1.165) is 6.20 Å². The van der Waals surface area contributed by atoms with Crippen LogP contribution in [0.3, 0.4) is 0 Å². The van der Waals surface area contributed by atoms with E-state index in [9.17, 15) is 27.9 Å². The van der Waals surface area contributed by atoms with Crippen molar-refractivity contribution in [3.63, 3.8) is 0 Å². The molecule has 1 aromatic heterocycles. The van der Waals surface area contributed by atoms with E-state index in [1.165, 1.54) is 41.8 Å². The van der Waals surface area contributed by atoms with E-state index < -0.39 is 35.7 Å². The summed E-state index contributed by atoms with van der Waals surface area (Å²) < 4.78 is 41.3. The van der Waals surface area contributed by atoms with Gasteiger partial charge in [0.05, 0.1) is 16.1 Å². The molecule has 1 aromatic carbocycles. The summed E-state index contributed by atoms with van der Waals surface area (Å²) in [5.74, 6) is -3.30. The Kier molecular flexibility index (Phi) is 5.26. The Hall–Kier alpha value is -2.36. The number of rotatable bonds is 3. The summed E-state index contributed by atoms with van der Waals surface area (Å²) in [6, 6.07) is 3.77. The summed E-state index contributed by atoms with van der Waals surface area (Å²) in [5, 5.41) is 14.0. The van der Waals surface area contributed by atoms with E-state index in [1.54, 1.807) is 0 Å². The first kappa shape index (κ1) is 20.4. The summed E-state index contributed by atoms with van der Waals surface area (Å²) in [4.78, 5) is 28.6. The maximum atomic E-state index is 13.8. The van der Waals surface area contributed by atoms with Crippen LogP contribution in [0.15, 0.2) is 42.7 Å². The number of aromatic nitrogens is 1. The highest BCUT2D eigenvalue weighted by Gasteiger charge is 2.66. The van der Waals surface area contributed by atoms with Crippen LogP contribution in [0.4, 0.5) is 18.0 Å². The molecule has 1 aliphatic heterocycles. The fourth-order valence-corrected chi connectivity index (χ4v) is 3.47. The molecule has 0 aliphatic carbocycles. The van der Waals surface area contributed by atoms with Gasteiger partial charge in [0.15, 0.2) is 5.78 Å². The number of halogens is 5. The van der Waals surface area contributed by atoms with Crippen molar-refractivity contribution in [2.24, 2.45) is 5.92 Å². The standard InChI is InChI=1S/C17H12Cl2F3N3O3/c18-10-5-1-4-9(12(10)19)13-11(14(26)8-3-2-6-23-7-8)16(28,17(20,21)22)25-15(27)24-13/h1-7,11,13,28H,(H2,24,25,27). The maximum absolute atomic E-state index is 13.8. The first-order valence-electron chi connectivity index (χ1n) is 7.82. The topological polar surface area (TPSA) is 91.3 Å². The first-order chi connectivity index (χ1) is 13.1. The Morgan fingerprint density at radius 1 is 1.21 bits per heavy atom. The van der Waals surface area contributed by atoms with Crippen LogP contribution in [-0.4, -0.2) is 33.8 Å². The minimum Gasteiger partial charge on any atom is -0.363 e. The number of ketones is 1. The van der Waals surface area contributed by atoms with Gasteiger partial charge < -0.3 is 15.7 Å². The van der Waals surface area contributed by atoms with Gasteiger partial charge in [0, 0.05) is 18.0 Å². The summed E-state index contributed by atoms with van der Waals surface area (Å²) >= 11 is 12.0. The van der Waals surface area contributed by atoms with Gasteiger partial charge in [-0.3, -0.25) is 9.78 Å². The van der Waals surface area contributed by atoms with Crippen molar-refractivity contribution >= 4 is 35.0 Å². The van der Waals surface area contributed by atoms with Gasteiger partial charge >= 0.3 is 12.2 Å². The van der Waals surface area contributed by atoms with Gasteiger partial charge in [-0.25, -0.2) is 4.79 Å². The first-order valence-corrected chi connectivity index (χ1v) is 8.58. The van der Waals surface area contributed by atoms with Crippen molar-refractivity contribution in [1.82, 2.24) is 15.6 Å². The fraction of sp³-hybridized carbons (Fsp3) is 0.235. The van der Waals surface area contributed by atoms with Crippen molar-refractivity contribution in [2.75, 3.05) is 0 Å². The number of benzene rings is 1. The Morgan fingerprint density at radius 2 is 1.93 bits per heavy atom. The Bertz CT molecular complexity index is 927. The SMILES string of the molecule is O=C1NC(c2cccc(Cl)c2Cl)C(C(=O)c2cccnc2)C(O)(C(F)(F)F)N1. The molecule has 2 aromatic rings.